The number of amides is 1. The molecule has 2 N–H and O–H groups in total. The SMILES string of the molecule is O=C(NCC(O)COc1cccc(Cl)c1Cl)c1ccon1. The van der Waals surface area contributed by atoms with Crippen LogP contribution in [0.1, 0.15) is 10.5 Å². The number of hydrogen-bond acceptors (Lipinski definition) is 5. The third kappa shape index (κ3) is 4.35. The molecule has 1 heterocycles. The van der Waals surface area contributed by atoms with Gasteiger partial charge in [0.2, 0.25) is 0 Å². The number of aliphatic hydroxyl groups excluding tert-OH is 1. The Bertz CT molecular complexity index is 604. The Labute approximate surface area is 130 Å². The van der Waals surface area contributed by atoms with Crippen LogP contribution in [0, 0.1) is 0 Å². The lowest BCUT2D eigenvalue weighted by Gasteiger charge is -2.14. The van der Waals surface area contributed by atoms with Crippen LogP contribution in [0.5, 0.6) is 5.75 Å². The molecule has 21 heavy (non-hydrogen) atoms. The normalized spacial score (nSPS) is 12.0. The standard InChI is InChI=1S/C13H12Cl2N2O4/c14-9-2-1-3-11(12(9)15)20-7-8(18)6-16-13(19)10-4-5-21-17-10/h1-5,8,18H,6-7H2,(H,16,19). The molecule has 1 unspecified atom stereocenters. The van der Waals surface area contributed by atoms with E-state index in [2.05, 4.69) is 15.0 Å². The summed E-state index contributed by atoms with van der Waals surface area (Å²) in [5, 5.41) is 16.4. The van der Waals surface area contributed by atoms with E-state index >= 15 is 0 Å². The lowest BCUT2D eigenvalue weighted by molar-refractivity contribution is 0.0837. The van der Waals surface area contributed by atoms with Gasteiger partial charge in [-0.3, -0.25) is 4.79 Å². The van der Waals surface area contributed by atoms with Gasteiger partial charge in [0.05, 0.1) is 5.02 Å². The van der Waals surface area contributed by atoms with Gasteiger partial charge in [-0.05, 0) is 12.1 Å². The van der Waals surface area contributed by atoms with E-state index in [1.807, 2.05) is 0 Å². The first-order valence-electron chi connectivity index (χ1n) is 6.01. The Kier molecular flexibility index (Phi) is 5.44. The zero-order valence-corrected chi connectivity index (χ0v) is 12.3. The maximum absolute atomic E-state index is 11.6. The molecule has 112 valence electrons. The van der Waals surface area contributed by atoms with Crippen molar-refractivity contribution >= 4 is 29.1 Å². The van der Waals surface area contributed by atoms with E-state index < -0.39 is 12.0 Å². The van der Waals surface area contributed by atoms with Crippen molar-refractivity contribution in [2.24, 2.45) is 0 Å². The van der Waals surface area contributed by atoms with E-state index in [1.54, 1.807) is 18.2 Å². The van der Waals surface area contributed by atoms with Crippen molar-refractivity contribution < 1.29 is 19.2 Å². The van der Waals surface area contributed by atoms with Gasteiger partial charge in [0.15, 0.2) is 5.69 Å². The Morgan fingerprint density at radius 1 is 1.43 bits per heavy atom. The monoisotopic (exact) mass is 330 g/mol. The highest BCUT2D eigenvalue weighted by molar-refractivity contribution is 6.42. The summed E-state index contributed by atoms with van der Waals surface area (Å²) >= 11 is 11.8. The lowest BCUT2D eigenvalue weighted by Crippen LogP contribution is -2.35. The number of carbonyl (C=O) groups excluding carboxylic acids is 1. The maximum Gasteiger partial charge on any atom is 0.273 e. The third-order valence-corrected chi connectivity index (χ3v) is 3.32. The molecule has 8 heteroatoms. The number of nitrogens with one attached hydrogen (secondary N) is 1. The highest BCUT2D eigenvalue weighted by atomic mass is 35.5. The largest absolute Gasteiger partial charge is 0.489 e. The van der Waals surface area contributed by atoms with E-state index in [-0.39, 0.29) is 23.9 Å². The summed E-state index contributed by atoms with van der Waals surface area (Å²) in [6.07, 6.45) is 0.381. The van der Waals surface area contributed by atoms with E-state index in [1.165, 1.54) is 12.3 Å². The van der Waals surface area contributed by atoms with Crippen LogP contribution in [0.3, 0.4) is 0 Å². The summed E-state index contributed by atoms with van der Waals surface area (Å²) in [6.45, 7) is -0.0387. The van der Waals surface area contributed by atoms with Gasteiger partial charge in [0.25, 0.3) is 5.91 Å². The second kappa shape index (κ2) is 7.31. The number of benzene rings is 1. The molecule has 0 radical (unpaired) electrons. The Morgan fingerprint density at radius 3 is 2.95 bits per heavy atom. The van der Waals surface area contributed by atoms with Gasteiger partial charge < -0.3 is 19.7 Å². The molecule has 0 spiro atoms. The molecule has 0 aliphatic carbocycles. The van der Waals surface area contributed by atoms with Crippen molar-refractivity contribution in [2.75, 3.05) is 13.2 Å². The summed E-state index contributed by atoms with van der Waals surface area (Å²) in [5.74, 6) is -0.0744. The second-order valence-electron chi connectivity index (χ2n) is 4.11. The highest BCUT2D eigenvalue weighted by Crippen LogP contribution is 2.31. The van der Waals surface area contributed by atoms with Gasteiger partial charge in [0, 0.05) is 12.6 Å². The quantitative estimate of drug-likeness (QED) is 0.847. The summed E-state index contributed by atoms with van der Waals surface area (Å²) in [4.78, 5) is 11.6. The van der Waals surface area contributed by atoms with Crippen LogP contribution >= 0.6 is 23.2 Å². The fourth-order valence-corrected chi connectivity index (χ4v) is 1.82. The number of rotatable bonds is 6. The van der Waals surface area contributed by atoms with Crippen molar-refractivity contribution in [1.29, 1.82) is 0 Å². The van der Waals surface area contributed by atoms with Crippen LogP contribution in [-0.2, 0) is 0 Å². The molecule has 0 aliphatic rings. The van der Waals surface area contributed by atoms with E-state index in [4.69, 9.17) is 27.9 Å². The molecule has 0 saturated heterocycles. The van der Waals surface area contributed by atoms with Crippen molar-refractivity contribution in [3.63, 3.8) is 0 Å². The minimum absolute atomic E-state index is 0.00385. The summed E-state index contributed by atoms with van der Waals surface area (Å²) in [6, 6.07) is 6.37. The van der Waals surface area contributed by atoms with Crippen LogP contribution < -0.4 is 10.1 Å². The summed E-state index contributed by atoms with van der Waals surface area (Å²) in [7, 11) is 0. The first-order valence-corrected chi connectivity index (χ1v) is 6.77. The van der Waals surface area contributed by atoms with Gasteiger partial charge in [-0.25, -0.2) is 0 Å². The summed E-state index contributed by atoms with van der Waals surface area (Å²) < 4.78 is 9.90. The fraction of sp³-hybridized carbons (Fsp3) is 0.231. The molecular weight excluding hydrogens is 319 g/mol. The topological polar surface area (TPSA) is 84.6 Å². The zero-order valence-electron chi connectivity index (χ0n) is 10.8. The predicted octanol–water partition coefficient (Wildman–Crippen LogP) is 2.15. The number of nitrogens with zero attached hydrogens (tertiary/aromatic N) is 1. The van der Waals surface area contributed by atoms with Gasteiger partial charge in [-0.1, -0.05) is 34.4 Å². The highest BCUT2D eigenvalue weighted by Gasteiger charge is 2.13. The molecule has 6 nitrogen and oxygen atoms in total. The maximum atomic E-state index is 11.6. The predicted molar refractivity (Wildman–Crippen MR) is 76.8 cm³/mol. The molecule has 0 fully saturated rings. The number of ether oxygens (including phenoxy) is 1. The first-order chi connectivity index (χ1) is 10.1. The number of aromatic nitrogens is 1. The average Bonchev–Trinajstić information content (AvgIpc) is 3.00. The number of halogens is 2. The van der Waals surface area contributed by atoms with Crippen molar-refractivity contribution in [1.82, 2.24) is 10.5 Å². The minimum Gasteiger partial charge on any atom is -0.489 e. The lowest BCUT2D eigenvalue weighted by atomic mass is 10.3. The number of aliphatic hydroxyl groups is 1. The fourth-order valence-electron chi connectivity index (χ4n) is 1.47. The Morgan fingerprint density at radius 2 is 2.24 bits per heavy atom. The van der Waals surface area contributed by atoms with Gasteiger partial charge in [-0.2, -0.15) is 0 Å². The summed E-state index contributed by atoms with van der Waals surface area (Å²) in [5.41, 5.74) is 0.140. The first kappa shape index (κ1) is 15.6. The van der Waals surface area contributed by atoms with Gasteiger partial charge >= 0.3 is 0 Å². The van der Waals surface area contributed by atoms with Crippen LogP contribution in [-0.4, -0.2) is 35.4 Å². The van der Waals surface area contributed by atoms with E-state index in [0.29, 0.717) is 10.8 Å². The number of hydrogen-bond donors (Lipinski definition) is 2. The van der Waals surface area contributed by atoms with Crippen LogP contribution in [0.15, 0.2) is 35.1 Å². The Balaban J connectivity index is 1.78. The van der Waals surface area contributed by atoms with Gasteiger partial charge in [-0.15, -0.1) is 0 Å². The molecule has 2 aromatic rings. The molecule has 0 saturated carbocycles. The third-order valence-electron chi connectivity index (χ3n) is 2.52. The molecule has 1 aromatic heterocycles. The Hall–Kier alpha value is -1.76. The average molecular weight is 331 g/mol. The van der Waals surface area contributed by atoms with Crippen LogP contribution in [0.4, 0.5) is 0 Å². The zero-order chi connectivity index (χ0) is 15.2. The van der Waals surface area contributed by atoms with Crippen molar-refractivity contribution in [3.8, 4) is 5.75 Å². The van der Waals surface area contributed by atoms with E-state index in [9.17, 15) is 9.90 Å². The molecule has 1 amide bonds. The van der Waals surface area contributed by atoms with Crippen LogP contribution in [0.25, 0.3) is 0 Å². The minimum atomic E-state index is -0.907. The molecule has 2 rings (SSSR count). The molecule has 1 aromatic carbocycles. The van der Waals surface area contributed by atoms with Crippen LogP contribution in [0.2, 0.25) is 10.0 Å². The molecule has 0 bridgehead atoms. The smallest absolute Gasteiger partial charge is 0.273 e. The van der Waals surface area contributed by atoms with E-state index in [0.717, 1.165) is 0 Å². The number of carbonyl (C=O) groups is 1. The van der Waals surface area contributed by atoms with Gasteiger partial charge in [0.1, 0.15) is 29.7 Å². The molecule has 1 atom stereocenters. The second-order valence-corrected chi connectivity index (χ2v) is 4.90. The van der Waals surface area contributed by atoms with Crippen molar-refractivity contribution in [2.45, 2.75) is 6.10 Å². The van der Waals surface area contributed by atoms with Crippen molar-refractivity contribution in [3.05, 3.63) is 46.3 Å². The molecular formula is C13H12Cl2N2O4. The molecule has 0 aliphatic heterocycles.